The number of nitrogens with two attached hydrogens (primary N) is 1. The van der Waals surface area contributed by atoms with Crippen LogP contribution in [0.15, 0.2) is 12.7 Å². The Morgan fingerprint density at radius 2 is 1.59 bits per heavy atom. The van der Waals surface area contributed by atoms with Crippen molar-refractivity contribution in [2.24, 2.45) is 11.3 Å². The summed E-state index contributed by atoms with van der Waals surface area (Å²) in [5.74, 6) is -0.447. The van der Waals surface area contributed by atoms with Crippen LogP contribution in [0.3, 0.4) is 0 Å². The van der Waals surface area contributed by atoms with Crippen LogP contribution in [0.5, 0.6) is 0 Å². The number of rotatable bonds is 31. The van der Waals surface area contributed by atoms with Crippen molar-refractivity contribution in [3.05, 3.63) is 12.7 Å². The quantitative estimate of drug-likeness (QED) is 0.0385. The van der Waals surface area contributed by atoms with Crippen molar-refractivity contribution in [1.29, 1.82) is 0 Å². The van der Waals surface area contributed by atoms with Crippen molar-refractivity contribution in [2.45, 2.75) is 135 Å². The van der Waals surface area contributed by atoms with Gasteiger partial charge in [0.25, 0.3) is 0 Å². The molecular weight excluding hydrogens is 927 g/mol. The van der Waals surface area contributed by atoms with Gasteiger partial charge < -0.3 is 50.9 Å². The number of amides is 2. The topological polar surface area (TPSA) is 364 Å². The zero-order chi connectivity index (χ0) is 47.7. The molecule has 0 aromatic carbocycles. The highest BCUT2D eigenvalue weighted by molar-refractivity contribution is 8.13. The number of hydrogen-bond donors (Lipinski definition) is 9. The van der Waals surface area contributed by atoms with Crippen LogP contribution in [0, 0.1) is 11.3 Å². The number of fused-ring (bicyclic) bond motifs is 1. The maximum Gasteiger partial charge on any atom is 0.481 e. The lowest BCUT2D eigenvalue weighted by molar-refractivity contribution is -0.137. The van der Waals surface area contributed by atoms with Gasteiger partial charge in [0.2, 0.25) is 11.8 Å². The second kappa shape index (κ2) is 26.2. The van der Waals surface area contributed by atoms with Gasteiger partial charge in [-0.3, -0.25) is 32.5 Å². The molecule has 1 fully saturated rings. The fraction of sp³-hybridized carbons (Fsp3) is 0.778. The number of unbranched alkanes of at least 4 members (excludes halogenated alkanes) is 6. The van der Waals surface area contributed by atoms with Crippen LogP contribution < -0.4 is 16.4 Å². The van der Waals surface area contributed by atoms with E-state index in [0.717, 1.165) is 41.8 Å². The first-order chi connectivity index (χ1) is 29.9. The third-order valence-electron chi connectivity index (χ3n) is 10.1. The van der Waals surface area contributed by atoms with Gasteiger partial charge in [-0.2, -0.15) is 4.31 Å². The number of anilines is 1. The van der Waals surface area contributed by atoms with Crippen LogP contribution >= 0.6 is 35.2 Å². The third-order valence-corrected chi connectivity index (χ3v) is 14.2. The van der Waals surface area contributed by atoms with E-state index in [2.05, 4.69) is 48.3 Å². The summed E-state index contributed by atoms with van der Waals surface area (Å²) in [5.41, 5.74) is 4.28. The van der Waals surface area contributed by atoms with Crippen molar-refractivity contribution >= 4 is 69.1 Å². The molecule has 0 saturated carbocycles. The van der Waals surface area contributed by atoms with Crippen LogP contribution in [0.4, 0.5) is 5.82 Å². The lowest BCUT2D eigenvalue weighted by Crippen LogP contribution is -2.46. The number of phosphoric acid groups is 3. The van der Waals surface area contributed by atoms with Crippen molar-refractivity contribution < 1.29 is 80.5 Å². The van der Waals surface area contributed by atoms with Crippen molar-refractivity contribution in [3.8, 4) is 0 Å². The van der Waals surface area contributed by atoms with Gasteiger partial charge in [-0.1, -0.05) is 97.2 Å². The largest absolute Gasteiger partial charge is 0.481 e. The first-order valence-electron chi connectivity index (χ1n) is 21.0. The minimum absolute atomic E-state index is 0.0333. The van der Waals surface area contributed by atoms with Crippen LogP contribution in [-0.4, -0.2) is 123 Å². The smallest absolute Gasteiger partial charge is 0.386 e. The van der Waals surface area contributed by atoms with Gasteiger partial charge in [0.1, 0.15) is 36.3 Å². The highest BCUT2D eigenvalue weighted by Gasteiger charge is 2.50. The number of aliphatic hydroxyl groups excluding tert-OH is 2. The Hall–Kier alpha value is -2.44. The molecule has 28 heteroatoms. The molecule has 64 heavy (non-hydrogen) atoms. The number of carbonyl (C=O) groups is 3. The summed E-state index contributed by atoms with van der Waals surface area (Å²) >= 11 is 1.15. The molecule has 0 aliphatic carbocycles. The Bertz CT molecular complexity index is 1960. The maximum atomic E-state index is 12.7. The molecule has 10 N–H and O–H groups in total. The highest BCUT2D eigenvalue weighted by Crippen LogP contribution is 2.61. The standard InChI is InChI=1S/C36H64N7O17P3S/c1-5-6-7-8-9-10-11-13-24(2)14-12-15-27(45)64-19-18-38-26(44)16-17-39-34(48)31(47)36(3,4)21-57-63(54,55)60-62(52,53)56-20-25-30(59-61(49,50)51)29(46)35(58-25)43-23-42-28-32(37)40-22-41-33(28)43/h22-25,29-31,35,46-47H,5-21H2,1-4H3,(H,38,44)(H,39,48)(H,52,53)(H,54,55)(H2,37,40,41)(H2,49,50,51). The van der Waals surface area contributed by atoms with Crippen LogP contribution in [-0.2, 0) is 50.7 Å². The Morgan fingerprint density at radius 3 is 2.28 bits per heavy atom. The number of nitrogens with one attached hydrogen (secondary N) is 2. The fourth-order valence-electron chi connectivity index (χ4n) is 6.56. The van der Waals surface area contributed by atoms with E-state index in [1.807, 2.05) is 0 Å². The Morgan fingerprint density at radius 1 is 0.938 bits per heavy atom. The van der Waals surface area contributed by atoms with Gasteiger partial charge in [-0.15, -0.1) is 0 Å². The van der Waals surface area contributed by atoms with Crippen LogP contribution in [0.2, 0.25) is 0 Å². The molecule has 2 aromatic rings. The molecule has 1 aliphatic heterocycles. The van der Waals surface area contributed by atoms with Gasteiger partial charge in [-0.05, 0) is 12.3 Å². The normalized spacial score (nSPS) is 21.0. The summed E-state index contributed by atoms with van der Waals surface area (Å²) < 4.78 is 62.4. The zero-order valence-electron chi connectivity index (χ0n) is 36.4. The lowest BCUT2D eigenvalue weighted by atomic mass is 9.87. The molecular formula is C36H64N7O17P3S. The third kappa shape index (κ3) is 19.4. The van der Waals surface area contributed by atoms with E-state index >= 15 is 0 Å². The van der Waals surface area contributed by atoms with E-state index < -0.39 is 84.6 Å². The Kier molecular flexibility index (Phi) is 22.9. The number of hydrogen-bond acceptors (Lipinski definition) is 18. The number of nitrogens with zero attached hydrogens (tertiary/aromatic N) is 4. The van der Waals surface area contributed by atoms with Crippen molar-refractivity contribution in [2.75, 3.05) is 37.8 Å². The number of thioether (sulfide) groups is 1. The number of phosphoric ester groups is 3. The Labute approximate surface area is 376 Å². The molecule has 0 bridgehead atoms. The second-order valence-corrected chi connectivity index (χ2v) is 21.6. The molecule has 2 amide bonds. The summed E-state index contributed by atoms with van der Waals surface area (Å²) in [6.45, 7) is 5.01. The van der Waals surface area contributed by atoms with E-state index in [9.17, 15) is 57.9 Å². The lowest BCUT2D eigenvalue weighted by Gasteiger charge is -2.30. The van der Waals surface area contributed by atoms with E-state index in [0.29, 0.717) is 18.1 Å². The number of carbonyl (C=O) groups excluding carboxylic acids is 3. The van der Waals surface area contributed by atoms with Gasteiger partial charge in [0, 0.05) is 37.1 Å². The first-order valence-corrected chi connectivity index (χ1v) is 26.5. The van der Waals surface area contributed by atoms with E-state index in [1.165, 1.54) is 65.2 Å². The summed E-state index contributed by atoms with van der Waals surface area (Å²) in [6.07, 6.45) is 5.53. The predicted octanol–water partition coefficient (Wildman–Crippen LogP) is 3.61. The molecule has 8 atom stereocenters. The van der Waals surface area contributed by atoms with Gasteiger partial charge in [0.15, 0.2) is 22.8 Å². The minimum atomic E-state index is -5.57. The fourth-order valence-corrected chi connectivity index (χ4v) is 10.1. The molecule has 3 heterocycles. The van der Waals surface area contributed by atoms with Crippen LogP contribution in [0.25, 0.3) is 11.2 Å². The van der Waals surface area contributed by atoms with Crippen molar-refractivity contribution in [3.63, 3.8) is 0 Å². The van der Waals surface area contributed by atoms with E-state index in [-0.39, 0.29) is 41.6 Å². The first kappa shape index (κ1) is 55.9. The second-order valence-electron chi connectivity index (χ2n) is 16.2. The number of ether oxygens (including phenoxy) is 1. The zero-order valence-corrected chi connectivity index (χ0v) is 39.9. The molecule has 1 saturated heterocycles. The molecule has 3 rings (SSSR count). The van der Waals surface area contributed by atoms with Gasteiger partial charge in [-0.25, -0.2) is 28.6 Å². The number of imidazole rings is 1. The average Bonchev–Trinajstić information content (AvgIpc) is 3.77. The SMILES string of the molecule is CCCCCCCCCC(C)CCCC(=O)SCCNC(=O)CCNC(=O)C(O)C(C)(C)COP(=O)(O)OP(=O)(O)OCC1OC(n2cnc3c(N)ncnc32)C(O)C1OP(=O)(O)O. The number of aromatic nitrogens is 4. The minimum Gasteiger partial charge on any atom is -0.386 e. The molecule has 0 spiro atoms. The summed E-state index contributed by atoms with van der Waals surface area (Å²) in [4.78, 5) is 88.3. The van der Waals surface area contributed by atoms with E-state index in [4.69, 9.17) is 19.5 Å². The van der Waals surface area contributed by atoms with Gasteiger partial charge in [0.05, 0.1) is 19.5 Å². The van der Waals surface area contributed by atoms with E-state index in [1.54, 1.807) is 0 Å². The molecule has 1 aliphatic rings. The molecule has 8 unspecified atom stereocenters. The van der Waals surface area contributed by atoms with Gasteiger partial charge >= 0.3 is 23.5 Å². The average molecular weight is 992 g/mol. The monoisotopic (exact) mass is 991 g/mol. The predicted molar refractivity (Wildman–Crippen MR) is 233 cm³/mol. The molecule has 366 valence electrons. The molecule has 2 aromatic heterocycles. The molecule has 0 radical (unpaired) electrons. The van der Waals surface area contributed by atoms with Crippen LogP contribution in [0.1, 0.15) is 111 Å². The maximum absolute atomic E-state index is 12.7. The summed E-state index contributed by atoms with van der Waals surface area (Å²) in [6, 6.07) is 0. The summed E-state index contributed by atoms with van der Waals surface area (Å²) in [5, 5.41) is 26.6. The van der Waals surface area contributed by atoms with Crippen molar-refractivity contribution in [1.82, 2.24) is 30.2 Å². The Balaban J connectivity index is 1.36. The highest BCUT2D eigenvalue weighted by atomic mass is 32.2. The number of aliphatic hydroxyl groups is 2. The summed E-state index contributed by atoms with van der Waals surface area (Å²) in [7, 11) is -16.4. The molecule has 24 nitrogen and oxygen atoms in total. The number of nitrogen functional groups attached to an aromatic ring is 1.